The van der Waals surface area contributed by atoms with Gasteiger partial charge < -0.3 is 4.79 Å². The smallest absolute Gasteiger partial charge is 0.123 e. The Hall–Kier alpha value is -1.22. The molecule has 86 valence electrons. The van der Waals surface area contributed by atoms with Crippen LogP contribution in [0.2, 0.25) is 0 Å². The summed E-state index contributed by atoms with van der Waals surface area (Å²) in [5.41, 5.74) is 1.13. The lowest BCUT2D eigenvalue weighted by Gasteiger charge is -2.29. The summed E-state index contributed by atoms with van der Waals surface area (Å²) in [5, 5.41) is 0. The number of piperidine rings is 1. The van der Waals surface area contributed by atoms with Crippen molar-refractivity contribution in [3.05, 3.63) is 35.6 Å². The SMILES string of the molecule is O=CC1CCN(Cc2ccc(F)cc2)CC1. The van der Waals surface area contributed by atoms with E-state index >= 15 is 0 Å². The van der Waals surface area contributed by atoms with E-state index in [1.165, 1.54) is 12.1 Å². The summed E-state index contributed by atoms with van der Waals surface area (Å²) in [5.74, 6) is 0.0490. The Morgan fingerprint density at radius 3 is 2.44 bits per heavy atom. The van der Waals surface area contributed by atoms with E-state index in [-0.39, 0.29) is 11.7 Å². The van der Waals surface area contributed by atoms with Gasteiger partial charge in [-0.15, -0.1) is 0 Å². The number of hydrogen-bond acceptors (Lipinski definition) is 2. The van der Waals surface area contributed by atoms with Crippen molar-refractivity contribution in [2.24, 2.45) is 5.92 Å². The van der Waals surface area contributed by atoms with Crippen LogP contribution in [-0.4, -0.2) is 24.3 Å². The third-order valence-electron chi connectivity index (χ3n) is 3.14. The Labute approximate surface area is 95.1 Å². The summed E-state index contributed by atoms with van der Waals surface area (Å²) in [4.78, 5) is 12.9. The monoisotopic (exact) mass is 221 g/mol. The first kappa shape index (κ1) is 11.3. The molecular formula is C13H16FNO. The fourth-order valence-corrected chi connectivity index (χ4v) is 2.10. The molecule has 0 radical (unpaired) electrons. The highest BCUT2D eigenvalue weighted by Gasteiger charge is 2.18. The van der Waals surface area contributed by atoms with Crippen LogP contribution in [0.4, 0.5) is 4.39 Å². The molecule has 0 N–H and O–H groups in total. The number of nitrogens with zero attached hydrogens (tertiary/aromatic N) is 1. The van der Waals surface area contributed by atoms with Crippen LogP contribution in [0.15, 0.2) is 24.3 Å². The van der Waals surface area contributed by atoms with E-state index in [4.69, 9.17) is 0 Å². The number of carbonyl (C=O) groups excluding carboxylic acids is 1. The van der Waals surface area contributed by atoms with Crippen LogP contribution in [0, 0.1) is 11.7 Å². The Bertz CT molecular complexity index is 341. The Morgan fingerprint density at radius 2 is 1.88 bits per heavy atom. The highest BCUT2D eigenvalue weighted by molar-refractivity contribution is 5.53. The molecule has 3 heteroatoms. The molecule has 1 aliphatic heterocycles. The minimum atomic E-state index is -0.191. The number of benzene rings is 1. The molecule has 0 spiro atoms. The van der Waals surface area contributed by atoms with Crippen molar-refractivity contribution in [3.8, 4) is 0 Å². The molecule has 1 fully saturated rings. The summed E-state index contributed by atoms with van der Waals surface area (Å²) in [7, 11) is 0. The number of carbonyl (C=O) groups is 1. The molecule has 16 heavy (non-hydrogen) atoms. The van der Waals surface area contributed by atoms with Crippen LogP contribution >= 0.6 is 0 Å². The summed E-state index contributed by atoms with van der Waals surface area (Å²) in [6, 6.07) is 6.63. The lowest BCUT2D eigenvalue weighted by molar-refractivity contribution is -0.112. The second kappa shape index (κ2) is 5.21. The zero-order valence-electron chi connectivity index (χ0n) is 9.23. The zero-order valence-corrected chi connectivity index (χ0v) is 9.23. The largest absolute Gasteiger partial charge is 0.303 e. The molecule has 0 unspecified atom stereocenters. The van der Waals surface area contributed by atoms with Gasteiger partial charge in [0, 0.05) is 12.5 Å². The first-order chi connectivity index (χ1) is 7.78. The molecule has 2 rings (SSSR count). The van der Waals surface area contributed by atoms with Gasteiger partial charge in [0.1, 0.15) is 12.1 Å². The van der Waals surface area contributed by atoms with Crippen molar-refractivity contribution in [1.29, 1.82) is 0 Å². The number of hydrogen-bond donors (Lipinski definition) is 0. The van der Waals surface area contributed by atoms with Gasteiger partial charge in [-0.05, 0) is 43.6 Å². The molecule has 0 aliphatic carbocycles. The van der Waals surface area contributed by atoms with Gasteiger partial charge >= 0.3 is 0 Å². The molecule has 1 aliphatic rings. The van der Waals surface area contributed by atoms with Crippen LogP contribution in [0.3, 0.4) is 0 Å². The molecule has 0 saturated carbocycles. The van der Waals surface area contributed by atoms with Crippen molar-refractivity contribution >= 4 is 6.29 Å². The van der Waals surface area contributed by atoms with Gasteiger partial charge in [-0.1, -0.05) is 12.1 Å². The Morgan fingerprint density at radius 1 is 1.25 bits per heavy atom. The number of likely N-dealkylation sites (tertiary alicyclic amines) is 1. The van der Waals surface area contributed by atoms with E-state index in [2.05, 4.69) is 4.90 Å². The van der Waals surface area contributed by atoms with Crippen molar-refractivity contribution in [1.82, 2.24) is 4.90 Å². The van der Waals surface area contributed by atoms with Gasteiger partial charge in [-0.2, -0.15) is 0 Å². The van der Waals surface area contributed by atoms with Gasteiger partial charge in [0.2, 0.25) is 0 Å². The van der Waals surface area contributed by atoms with E-state index in [1.54, 1.807) is 0 Å². The van der Waals surface area contributed by atoms with Gasteiger partial charge in [0.05, 0.1) is 0 Å². The van der Waals surface area contributed by atoms with Crippen LogP contribution in [-0.2, 0) is 11.3 Å². The minimum absolute atomic E-state index is 0.191. The van der Waals surface area contributed by atoms with E-state index < -0.39 is 0 Å². The van der Waals surface area contributed by atoms with Crippen LogP contribution in [0.25, 0.3) is 0 Å². The molecule has 2 nitrogen and oxygen atoms in total. The lowest BCUT2D eigenvalue weighted by atomic mass is 9.98. The molecule has 1 aromatic carbocycles. The molecule has 0 atom stereocenters. The highest BCUT2D eigenvalue weighted by atomic mass is 19.1. The average Bonchev–Trinajstić information content (AvgIpc) is 2.33. The standard InChI is InChI=1S/C13H16FNO/c14-13-3-1-11(2-4-13)9-15-7-5-12(10-16)6-8-15/h1-4,10,12H,5-9H2. The fraction of sp³-hybridized carbons (Fsp3) is 0.462. The van der Waals surface area contributed by atoms with Crippen molar-refractivity contribution in [2.75, 3.05) is 13.1 Å². The molecule has 0 aromatic heterocycles. The molecule has 0 bridgehead atoms. The maximum Gasteiger partial charge on any atom is 0.123 e. The molecule has 1 aromatic rings. The van der Waals surface area contributed by atoms with E-state index in [9.17, 15) is 9.18 Å². The van der Waals surface area contributed by atoms with Crippen molar-refractivity contribution in [2.45, 2.75) is 19.4 Å². The predicted octanol–water partition coefficient (Wildman–Crippen LogP) is 2.24. The summed E-state index contributed by atoms with van der Waals surface area (Å²) in [6.07, 6.45) is 2.96. The van der Waals surface area contributed by atoms with Gasteiger partial charge in [0.15, 0.2) is 0 Å². The molecule has 1 heterocycles. The fourth-order valence-electron chi connectivity index (χ4n) is 2.10. The number of halogens is 1. The third kappa shape index (κ3) is 2.89. The van der Waals surface area contributed by atoms with E-state index in [0.717, 1.165) is 44.3 Å². The van der Waals surface area contributed by atoms with Crippen LogP contribution < -0.4 is 0 Å². The quantitative estimate of drug-likeness (QED) is 0.729. The third-order valence-corrected chi connectivity index (χ3v) is 3.14. The van der Waals surface area contributed by atoms with Crippen LogP contribution in [0.5, 0.6) is 0 Å². The van der Waals surface area contributed by atoms with Crippen molar-refractivity contribution in [3.63, 3.8) is 0 Å². The maximum atomic E-state index is 12.7. The van der Waals surface area contributed by atoms with Crippen LogP contribution in [0.1, 0.15) is 18.4 Å². The average molecular weight is 221 g/mol. The predicted molar refractivity (Wildman–Crippen MR) is 60.5 cm³/mol. The highest BCUT2D eigenvalue weighted by Crippen LogP contribution is 2.17. The maximum absolute atomic E-state index is 12.7. The van der Waals surface area contributed by atoms with Gasteiger partial charge in [-0.25, -0.2) is 4.39 Å². The summed E-state index contributed by atoms with van der Waals surface area (Å²) in [6.45, 7) is 2.77. The molecule has 1 saturated heterocycles. The van der Waals surface area contributed by atoms with Gasteiger partial charge in [0.25, 0.3) is 0 Å². The summed E-state index contributed by atoms with van der Waals surface area (Å²) < 4.78 is 12.7. The first-order valence-corrected chi connectivity index (χ1v) is 5.70. The second-order valence-corrected chi connectivity index (χ2v) is 4.38. The Balaban J connectivity index is 1.86. The van der Waals surface area contributed by atoms with E-state index in [0.29, 0.717) is 0 Å². The molecule has 0 amide bonds. The summed E-state index contributed by atoms with van der Waals surface area (Å²) >= 11 is 0. The van der Waals surface area contributed by atoms with E-state index in [1.807, 2.05) is 12.1 Å². The number of rotatable bonds is 3. The molecular weight excluding hydrogens is 205 g/mol. The minimum Gasteiger partial charge on any atom is -0.303 e. The normalized spacial score (nSPS) is 18.6. The number of aldehydes is 1. The Kier molecular flexibility index (Phi) is 3.67. The lowest BCUT2D eigenvalue weighted by Crippen LogP contribution is -2.33. The zero-order chi connectivity index (χ0) is 11.4. The second-order valence-electron chi connectivity index (χ2n) is 4.38. The first-order valence-electron chi connectivity index (χ1n) is 5.70. The van der Waals surface area contributed by atoms with Gasteiger partial charge in [-0.3, -0.25) is 4.90 Å². The topological polar surface area (TPSA) is 20.3 Å². The van der Waals surface area contributed by atoms with Crippen molar-refractivity contribution < 1.29 is 9.18 Å².